The third-order valence-electron chi connectivity index (χ3n) is 5.90. The maximum absolute atomic E-state index is 12.7. The Kier molecular flexibility index (Phi) is 8.47. The fourth-order valence-corrected chi connectivity index (χ4v) is 5.41. The van der Waals surface area contributed by atoms with Gasteiger partial charge in [0.05, 0.1) is 24.0 Å². The van der Waals surface area contributed by atoms with E-state index in [-0.39, 0.29) is 24.0 Å². The number of nitrogens with zero attached hydrogens (tertiary/aromatic N) is 1. The van der Waals surface area contributed by atoms with Gasteiger partial charge in [-0.05, 0) is 61.1 Å². The first-order valence-electron chi connectivity index (χ1n) is 11.1. The molecule has 1 aliphatic rings. The lowest BCUT2D eigenvalue weighted by Gasteiger charge is -2.18. The van der Waals surface area contributed by atoms with Crippen molar-refractivity contribution < 1.29 is 28.2 Å². The van der Waals surface area contributed by atoms with Crippen LogP contribution < -0.4 is 9.46 Å². The summed E-state index contributed by atoms with van der Waals surface area (Å²) in [5, 5.41) is 18.4. The Morgan fingerprint density at radius 3 is 2.52 bits per heavy atom. The Bertz CT molecular complexity index is 1090. The second-order valence-electron chi connectivity index (χ2n) is 8.34. The van der Waals surface area contributed by atoms with Crippen LogP contribution in [0.5, 0.6) is 5.75 Å². The molecule has 3 rings (SSSR count). The summed E-state index contributed by atoms with van der Waals surface area (Å²) in [7, 11) is -3.84. The lowest BCUT2D eigenvalue weighted by molar-refractivity contribution is -0.136. The van der Waals surface area contributed by atoms with Gasteiger partial charge in [-0.15, -0.1) is 0 Å². The van der Waals surface area contributed by atoms with E-state index in [9.17, 15) is 18.3 Å². The predicted octanol–water partition coefficient (Wildman–Crippen LogP) is 2.56. The van der Waals surface area contributed by atoms with E-state index in [1.54, 1.807) is 13.0 Å². The molecule has 0 saturated carbocycles. The van der Waals surface area contributed by atoms with Crippen LogP contribution in [0, 0.1) is 13.8 Å². The van der Waals surface area contributed by atoms with Gasteiger partial charge in [0.25, 0.3) is 0 Å². The molecule has 1 fully saturated rings. The van der Waals surface area contributed by atoms with Crippen LogP contribution in [0.25, 0.3) is 11.1 Å². The smallest absolute Gasteiger partial charge is 0.304 e. The summed E-state index contributed by atoms with van der Waals surface area (Å²) < 4.78 is 33.8. The summed E-state index contributed by atoms with van der Waals surface area (Å²) in [4.78, 5) is 13.1. The number of rotatable bonds is 11. The number of nitrogens with one attached hydrogen (secondary N) is 1. The molecule has 2 aromatic rings. The zero-order chi connectivity index (χ0) is 24.0. The number of carbonyl (C=O) groups is 1. The molecule has 9 heteroatoms. The van der Waals surface area contributed by atoms with Gasteiger partial charge < -0.3 is 19.8 Å². The lowest BCUT2D eigenvalue weighted by Crippen LogP contribution is -2.27. The van der Waals surface area contributed by atoms with Crippen molar-refractivity contribution >= 4 is 16.0 Å². The number of hydrogen-bond acceptors (Lipinski definition) is 6. The molecule has 1 heterocycles. The highest BCUT2D eigenvalue weighted by molar-refractivity contribution is 7.89. The zero-order valence-electron chi connectivity index (χ0n) is 19.1. The predicted molar refractivity (Wildman–Crippen MR) is 126 cm³/mol. The number of β-amino-alcohol motifs (C(OH)–C–C–N with tert-alkyl or cyclic N) is 1. The molecule has 0 bridgehead atoms. The Morgan fingerprint density at radius 1 is 1.15 bits per heavy atom. The van der Waals surface area contributed by atoms with Gasteiger partial charge in [-0.25, -0.2) is 13.1 Å². The second kappa shape index (κ2) is 11.1. The first kappa shape index (κ1) is 25.2. The summed E-state index contributed by atoms with van der Waals surface area (Å²) in [6.45, 7) is 6.60. The molecular weight excluding hydrogens is 444 g/mol. The Balaban J connectivity index is 1.72. The number of likely N-dealkylation sites (tertiary alicyclic amines) is 1. The first-order valence-corrected chi connectivity index (χ1v) is 12.6. The van der Waals surface area contributed by atoms with Gasteiger partial charge in [-0.1, -0.05) is 24.3 Å². The van der Waals surface area contributed by atoms with Crippen molar-refractivity contribution in [1.29, 1.82) is 0 Å². The molecule has 1 saturated heterocycles. The SMILES string of the molecule is Cc1c(OCCCN2CC[C@@H](O)C2)cccc1-c1cccc(S(=O)(=O)NCCC(=O)O)c1C. The molecule has 3 N–H and O–H groups in total. The van der Waals surface area contributed by atoms with E-state index in [0.29, 0.717) is 12.2 Å². The summed E-state index contributed by atoms with van der Waals surface area (Å²) in [6.07, 6.45) is 1.17. The van der Waals surface area contributed by atoms with Crippen LogP contribution in [0.1, 0.15) is 30.4 Å². The van der Waals surface area contributed by atoms with Crippen molar-refractivity contribution in [2.45, 2.75) is 44.1 Å². The van der Waals surface area contributed by atoms with Gasteiger partial charge in [-0.3, -0.25) is 4.79 Å². The number of sulfonamides is 1. The molecule has 0 aliphatic carbocycles. The van der Waals surface area contributed by atoms with Crippen molar-refractivity contribution in [3.63, 3.8) is 0 Å². The van der Waals surface area contributed by atoms with Crippen molar-refractivity contribution in [2.75, 3.05) is 32.8 Å². The summed E-state index contributed by atoms with van der Waals surface area (Å²) in [6, 6.07) is 10.8. The number of carboxylic acid groups (broad SMARTS) is 1. The standard InChI is InChI=1S/C24H32N2O6S/c1-17-20(6-3-8-22(17)32-15-5-13-26-14-11-19(27)16-26)21-7-4-9-23(18(21)2)33(30,31)25-12-10-24(28)29/h3-4,6-9,19,25,27H,5,10-16H2,1-2H3,(H,28,29)/t19-/m1/s1. The molecule has 0 radical (unpaired) electrons. The van der Waals surface area contributed by atoms with Gasteiger partial charge in [0.15, 0.2) is 0 Å². The minimum absolute atomic E-state index is 0.129. The fourth-order valence-electron chi connectivity index (χ4n) is 4.12. The van der Waals surface area contributed by atoms with Crippen LogP contribution in [-0.2, 0) is 14.8 Å². The van der Waals surface area contributed by atoms with Gasteiger partial charge in [-0.2, -0.15) is 0 Å². The maximum Gasteiger partial charge on any atom is 0.304 e. The number of ether oxygens (including phenoxy) is 1. The topological polar surface area (TPSA) is 116 Å². The van der Waals surface area contributed by atoms with Crippen molar-refractivity contribution in [2.24, 2.45) is 0 Å². The summed E-state index contributed by atoms with van der Waals surface area (Å²) in [5.74, 6) is -0.310. The highest BCUT2D eigenvalue weighted by Crippen LogP contribution is 2.34. The first-order chi connectivity index (χ1) is 15.7. The van der Waals surface area contributed by atoms with E-state index in [2.05, 4.69) is 9.62 Å². The third kappa shape index (κ3) is 6.54. The molecule has 0 unspecified atom stereocenters. The maximum atomic E-state index is 12.7. The normalized spacial score (nSPS) is 16.8. The Morgan fingerprint density at radius 2 is 1.85 bits per heavy atom. The van der Waals surface area contributed by atoms with Crippen LogP contribution in [0.2, 0.25) is 0 Å². The van der Waals surface area contributed by atoms with Crippen LogP contribution >= 0.6 is 0 Å². The van der Waals surface area contributed by atoms with E-state index >= 15 is 0 Å². The molecule has 0 aromatic heterocycles. The van der Waals surface area contributed by atoms with E-state index in [4.69, 9.17) is 9.84 Å². The molecule has 1 aliphatic heterocycles. The molecule has 0 amide bonds. The van der Waals surface area contributed by atoms with Crippen molar-refractivity contribution in [3.05, 3.63) is 47.5 Å². The number of aliphatic carboxylic acids is 1. The third-order valence-corrected chi connectivity index (χ3v) is 7.51. The van der Waals surface area contributed by atoms with Crippen LogP contribution in [0.3, 0.4) is 0 Å². The highest BCUT2D eigenvalue weighted by atomic mass is 32.2. The molecule has 33 heavy (non-hydrogen) atoms. The van der Waals surface area contributed by atoms with Gasteiger partial charge >= 0.3 is 5.97 Å². The van der Waals surface area contributed by atoms with E-state index in [1.165, 1.54) is 6.07 Å². The highest BCUT2D eigenvalue weighted by Gasteiger charge is 2.21. The van der Waals surface area contributed by atoms with Crippen molar-refractivity contribution in [1.82, 2.24) is 9.62 Å². The number of aliphatic hydroxyl groups is 1. The monoisotopic (exact) mass is 476 g/mol. The second-order valence-corrected chi connectivity index (χ2v) is 10.1. The molecule has 8 nitrogen and oxygen atoms in total. The number of carboxylic acids is 1. The fraction of sp³-hybridized carbons (Fsp3) is 0.458. The number of benzene rings is 2. The molecule has 0 spiro atoms. The largest absolute Gasteiger partial charge is 0.493 e. The minimum Gasteiger partial charge on any atom is -0.493 e. The zero-order valence-corrected chi connectivity index (χ0v) is 19.9. The van der Waals surface area contributed by atoms with Gasteiger partial charge in [0.1, 0.15) is 5.75 Å². The number of aliphatic hydroxyl groups excluding tert-OH is 1. The number of hydrogen-bond donors (Lipinski definition) is 3. The Labute approximate surface area is 195 Å². The average molecular weight is 477 g/mol. The van der Waals surface area contributed by atoms with Crippen LogP contribution in [0.15, 0.2) is 41.3 Å². The van der Waals surface area contributed by atoms with E-state index < -0.39 is 16.0 Å². The average Bonchev–Trinajstić information content (AvgIpc) is 3.17. The van der Waals surface area contributed by atoms with Gasteiger partial charge in [0, 0.05) is 26.2 Å². The van der Waals surface area contributed by atoms with Crippen LogP contribution in [0.4, 0.5) is 0 Å². The Hall–Kier alpha value is -2.46. The minimum atomic E-state index is -3.84. The molecular formula is C24H32N2O6S. The summed E-state index contributed by atoms with van der Waals surface area (Å²) in [5.41, 5.74) is 3.18. The van der Waals surface area contributed by atoms with Crippen molar-refractivity contribution in [3.8, 4) is 16.9 Å². The lowest BCUT2D eigenvalue weighted by atomic mass is 9.96. The quantitative estimate of drug-likeness (QED) is 0.427. The van der Waals surface area contributed by atoms with E-state index in [0.717, 1.165) is 54.9 Å². The summed E-state index contributed by atoms with van der Waals surface area (Å²) >= 11 is 0. The molecule has 180 valence electrons. The van der Waals surface area contributed by atoms with Gasteiger partial charge in [0.2, 0.25) is 10.0 Å². The van der Waals surface area contributed by atoms with Crippen LogP contribution in [-0.4, -0.2) is 68.4 Å². The van der Waals surface area contributed by atoms with E-state index in [1.807, 2.05) is 31.2 Å². The molecule has 1 atom stereocenters. The molecule has 2 aromatic carbocycles.